The van der Waals surface area contributed by atoms with E-state index < -0.39 is 4.92 Å². The second-order valence-electron chi connectivity index (χ2n) is 5.59. The molecule has 1 fully saturated rings. The van der Waals surface area contributed by atoms with Gasteiger partial charge in [0.1, 0.15) is 0 Å². The first-order valence-corrected chi connectivity index (χ1v) is 7.24. The highest BCUT2D eigenvalue weighted by atomic mass is 16.6. The van der Waals surface area contributed by atoms with Crippen molar-refractivity contribution in [3.63, 3.8) is 0 Å². The lowest BCUT2D eigenvalue weighted by atomic mass is 9.99. The predicted molar refractivity (Wildman–Crippen MR) is 80.0 cm³/mol. The van der Waals surface area contributed by atoms with Crippen LogP contribution in [0.1, 0.15) is 18.4 Å². The molecular weight excluding hydrogens is 270 g/mol. The summed E-state index contributed by atoms with van der Waals surface area (Å²) in [6, 6.07) is 6.17. The van der Waals surface area contributed by atoms with E-state index in [4.69, 9.17) is 0 Å². The van der Waals surface area contributed by atoms with Crippen LogP contribution >= 0.6 is 0 Å². The van der Waals surface area contributed by atoms with E-state index in [0.29, 0.717) is 5.92 Å². The second-order valence-corrected chi connectivity index (χ2v) is 5.59. The lowest BCUT2D eigenvalue weighted by Gasteiger charge is -2.27. The maximum Gasteiger partial charge on any atom is 0.269 e. The smallest absolute Gasteiger partial charge is 0.269 e. The maximum absolute atomic E-state index is 12.2. The molecule has 1 aliphatic rings. The van der Waals surface area contributed by atoms with Gasteiger partial charge < -0.3 is 10.2 Å². The van der Waals surface area contributed by atoms with Gasteiger partial charge in [0.15, 0.2) is 0 Å². The Bertz CT molecular complexity index is 495. The molecule has 2 rings (SSSR count). The molecule has 1 unspecified atom stereocenters. The van der Waals surface area contributed by atoms with E-state index in [1.807, 2.05) is 7.05 Å². The minimum atomic E-state index is -0.437. The van der Waals surface area contributed by atoms with Crippen molar-refractivity contribution in [3.05, 3.63) is 39.9 Å². The van der Waals surface area contributed by atoms with Crippen LogP contribution in [0.25, 0.3) is 0 Å². The van der Waals surface area contributed by atoms with Crippen LogP contribution in [0.2, 0.25) is 0 Å². The Morgan fingerprint density at radius 3 is 2.71 bits per heavy atom. The van der Waals surface area contributed by atoms with Crippen LogP contribution in [-0.2, 0) is 11.2 Å². The molecule has 1 saturated heterocycles. The normalized spacial score (nSPS) is 18.2. The Balaban J connectivity index is 1.86. The summed E-state index contributed by atoms with van der Waals surface area (Å²) in [7, 11) is 1.82. The SMILES string of the molecule is CN(CC1CCCNC1)C(=O)Cc1ccc([N+](=O)[O-])cc1. The van der Waals surface area contributed by atoms with E-state index >= 15 is 0 Å². The summed E-state index contributed by atoms with van der Waals surface area (Å²) in [5.74, 6) is 0.569. The molecule has 1 atom stereocenters. The monoisotopic (exact) mass is 291 g/mol. The zero-order valence-corrected chi connectivity index (χ0v) is 12.2. The summed E-state index contributed by atoms with van der Waals surface area (Å²) in [6.07, 6.45) is 2.60. The van der Waals surface area contributed by atoms with Crippen LogP contribution in [-0.4, -0.2) is 42.4 Å². The van der Waals surface area contributed by atoms with Gasteiger partial charge in [-0.2, -0.15) is 0 Å². The van der Waals surface area contributed by atoms with Crippen molar-refractivity contribution in [1.82, 2.24) is 10.2 Å². The topological polar surface area (TPSA) is 75.5 Å². The molecule has 0 aliphatic carbocycles. The van der Waals surface area contributed by atoms with Crippen LogP contribution in [0, 0.1) is 16.0 Å². The molecule has 0 bridgehead atoms. The molecule has 21 heavy (non-hydrogen) atoms. The molecule has 1 aliphatic heterocycles. The van der Waals surface area contributed by atoms with Crippen LogP contribution in [0.15, 0.2) is 24.3 Å². The molecule has 0 radical (unpaired) electrons. The van der Waals surface area contributed by atoms with Gasteiger partial charge in [0.2, 0.25) is 5.91 Å². The van der Waals surface area contributed by atoms with Crippen LogP contribution in [0.5, 0.6) is 0 Å². The third kappa shape index (κ3) is 4.53. The summed E-state index contributed by atoms with van der Waals surface area (Å²) in [5.41, 5.74) is 0.854. The van der Waals surface area contributed by atoms with Gasteiger partial charge in [0, 0.05) is 25.7 Å². The van der Waals surface area contributed by atoms with E-state index in [1.165, 1.54) is 12.1 Å². The highest BCUT2D eigenvalue weighted by Gasteiger charge is 2.18. The second kappa shape index (κ2) is 7.17. The van der Waals surface area contributed by atoms with Crippen LogP contribution in [0.4, 0.5) is 5.69 Å². The third-order valence-electron chi connectivity index (χ3n) is 3.86. The largest absolute Gasteiger partial charge is 0.345 e. The molecule has 1 aromatic rings. The summed E-state index contributed by atoms with van der Waals surface area (Å²) in [6.45, 7) is 2.80. The van der Waals surface area contributed by atoms with Crippen molar-refractivity contribution in [2.75, 3.05) is 26.7 Å². The first-order chi connectivity index (χ1) is 10.1. The molecule has 1 heterocycles. The number of carbonyl (C=O) groups excluding carboxylic acids is 1. The Labute approximate surface area is 124 Å². The summed E-state index contributed by atoms with van der Waals surface area (Å²) in [4.78, 5) is 24.1. The molecule has 114 valence electrons. The van der Waals surface area contributed by atoms with Gasteiger partial charge in [-0.3, -0.25) is 14.9 Å². The summed E-state index contributed by atoms with van der Waals surface area (Å²) >= 11 is 0. The van der Waals surface area contributed by atoms with Gasteiger partial charge in [0.05, 0.1) is 11.3 Å². The minimum absolute atomic E-state index is 0.0489. The molecule has 0 spiro atoms. The average Bonchev–Trinajstić information content (AvgIpc) is 2.48. The first kappa shape index (κ1) is 15.4. The summed E-state index contributed by atoms with van der Waals surface area (Å²) in [5, 5.41) is 13.9. The fraction of sp³-hybridized carbons (Fsp3) is 0.533. The third-order valence-corrected chi connectivity index (χ3v) is 3.86. The molecule has 0 aromatic heterocycles. The molecule has 1 N–H and O–H groups in total. The molecule has 6 heteroatoms. The quantitative estimate of drug-likeness (QED) is 0.660. The van der Waals surface area contributed by atoms with Crippen molar-refractivity contribution in [3.8, 4) is 0 Å². The number of likely N-dealkylation sites (N-methyl/N-ethyl adjacent to an activating group) is 1. The highest BCUT2D eigenvalue weighted by molar-refractivity contribution is 5.78. The number of benzene rings is 1. The van der Waals surface area contributed by atoms with Crippen molar-refractivity contribution >= 4 is 11.6 Å². The highest BCUT2D eigenvalue weighted by Crippen LogP contribution is 2.14. The van der Waals surface area contributed by atoms with Gasteiger partial charge in [-0.1, -0.05) is 12.1 Å². The number of amides is 1. The Morgan fingerprint density at radius 2 is 2.14 bits per heavy atom. The number of carbonyl (C=O) groups is 1. The zero-order chi connectivity index (χ0) is 15.2. The van der Waals surface area contributed by atoms with Crippen molar-refractivity contribution in [2.24, 2.45) is 5.92 Å². The first-order valence-electron chi connectivity index (χ1n) is 7.24. The van der Waals surface area contributed by atoms with E-state index in [2.05, 4.69) is 5.32 Å². The molecule has 1 amide bonds. The van der Waals surface area contributed by atoms with E-state index in [9.17, 15) is 14.9 Å². The van der Waals surface area contributed by atoms with Gasteiger partial charge in [-0.05, 0) is 37.4 Å². The van der Waals surface area contributed by atoms with Gasteiger partial charge in [0.25, 0.3) is 5.69 Å². The van der Waals surface area contributed by atoms with Crippen molar-refractivity contribution in [1.29, 1.82) is 0 Å². The predicted octanol–water partition coefficient (Wildman–Crippen LogP) is 1.60. The number of nitro benzene ring substituents is 1. The van der Waals surface area contributed by atoms with Crippen molar-refractivity contribution < 1.29 is 9.72 Å². The van der Waals surface area contributed by atoms with Gasteiger partial charge in [-0.15, -0.1) is 0 Å². The van der Waals surface area contributed by atoms with Gasteiger partial charge >= 0.3 is 0 Å². The summed E-state index contributed by atoms with van der Waals surface area (Å²) < 4.78 is 0. The van der Waals surface area contributed by atoms with Gasteiger partial charge in [-0.25, -0.2) is 0 Å². The fourth-order valence-corrected chi connectivity index (χ4v) is 2.61. The zero-order valence-electron chi connectivity index (χ0n) is 12.2. The minimum Gasteiger partial charge on any atom is -0.345 e. The number of nitro groups is 1. The average molecular weight is 291 g/mol. The Morgan fingerprint density at radius 1 is 1.43 bits per heavy atom. The number of hydrogen-bond acceptors (Lipinski definition) is 4. The maximum atomic E-state index is 12.2. The van der Waals surface area contributed by atoms with E-state index in [-0.39, 0.29) is 18.0 Å². The molecule has 0 saturated carbocycles. The fourth-order valence-electron chi connectivity index (χ4n) is 2.61. The molecule has 1 aromatic carbocycles. The number of nitrogens with zero attached hydrogens (tertiary/aromatic N) is 2. The lowest BCUT2D eigenvalue weighted by molar-refractivity contribution is -0.384. The van der Waals surface area contributed by atoms with Crippen molar-refractivity contribution in [2.45, 2.75) is 19.3 Å². The number of rotatable bonds is 5. The lowest BCUT2D eigenvalue weighted by Crippen LogP contribution is -2.39. The van der Waals surface area contributed by atoms with E-state index in [0.717, 1.165) is 38.0 Å². The number of piperidine rings is 1. The number of non-ortho nitro benzene ring substituents is 1. The number of nitrogens with one attached hydrogen (secondary N) is 1. The standard InChI is InChI=1S/C15H21N3O3/c1-17(11-13-3-2-8-16-10-13)15(19)9-12-4-6-14(7-5-12)18(20)21/h4-7,13,16H,2-3,8-11H2,1H3. The Hall–Kier alpha value is -1.95. The van der Waals surface area contributed by atoms with Crippen LogP contribution < -0.4 is 5.32 Å². The molecule has 6 nitrogen and oxygen atoms in total. The van der Waals surface area contributed by atoms with Crippen LogP contribution in [0.3, 0.4) is 0 Å². The van der Waals surface area contributed by atoms with E-state index in [1.54, 1.807) is 17.0 Å². The number of hydrogen-bond donors (Lipinski definition) is 1. The Kier molecular flexibility index (Phi) is 5.27. The molecular formula is C15H21N3O3.